The molecule has 54 valence electrons. The Bertz CT molecular complexity index is 258. The molecule has 0 unspecified atom stereocenters. The van der Waals surface area contributed by atoms with Gasteiger partial charge in [-0.3, -0.25) is 0 Å². The first-order valence-electron chi connectivity index (χ1n) is 2.35. The fourth-order valence-electron chi connectivity index (χ4n) is 0.481. The van der Waals surface area contributed by atoms with Crippen molar-refractivity contribution in [3.05, 3.63) is 20.3 Å². The van der Waals surface area contributed by atoms with Gasteiger partial charge in [-0.1, -0.05) is 28.4 Å². The number of oxime groups is 1. The maximum absolute atomic E-state index is 8.13. The summed E-state index contributed by atoms with van der Waals surface area (Å²) in [5.74, 6) is 0. The van der Waals surface area contributed by atoms with E-state index < -0.39 is 0 Å². The van der Waals surface area contributed by atoms with Gasteiger partial charge in [-0.2, -0.15) is 0 Å². The van der Waals surface area contributed by atoms with Crippen molar-refractivity contribution in [1.29, 1.82) is 0 Å². The van der Waals surface area contributed by atoms with Crippen LogP contribution in [0.15, 0.2) is 10.5 Å². The molecule has 0 radical (unpaired) electrons. The van der Waals surface area contributed by atoms with Gasteiger partial charge in [-0.15, -0.1) is 11.3 Å². The van der Waals surface area contributed by atoms with Crippen LogP contribution in [-0.2, 0) is 0 Å². The van der Waals surface area contributed by atoms with Gasteiger partial charge in [0.15, 0.2) is 0 Å². The smallest absolute Gasteiger partial charge is 0.112 e. The standard InChI is InChI=1S/C5H3Cl2NOS/c6-4-3(1-8-9)2-10-5(4)7/h1-2,9H/b8-1-. The van der Waals surface area contributed by atoms with E-state index in [2.05, 4.69) is 5.16 Å². The topological polar surface area (TPSA) is 32.6 Å². The number of thiophene rings is 1. The van der Waals surface area contributed by atoms with E-state index in [0.29, 0.717) is 14.9 Å². The highest BCUT2D eigenvalue weighted by atomic mass is 35.5. The molecule has 0 saturated carbocycles. The SMILES string of the molecule is O/N=C\c1csc(Cl)c1Cl. The minimum absolute atomic E-state index is 0.435. The molecule has 1 aromatic rings. The number of hydrogen-bond donors (Lipinski definition) is 1. The largest absolute Gasteiger partial charge is 0.411 e. The molecule has 0 saturated heterocycles. The zero-order chi connectivity index (χ0) is 7.56. The average Bonchev–Trinajstić information content (AvgIpc) is 2.20. The molecule has 0 atom stereocenters. The minimum Gasteiger partial charge on any atom is -0.411 e. The van der Waals surface area contributed by atoms with Crippen LogP contribution in [0, 0.1) is 0 Å². The summed E-state index contributed by atoms with van der Waals surface area (Å²) in [7, 11) is 0. The molecule has 0 aliphatic carbocycles. The number of nitrogens with zero attached hydrogens (tertiary/aromatic N) is 1. The van der Waals surface area contributed by atoms with Gasteiger partial charge in [0.05, 0.1) is 11.2 Å². The lowest BCUT2D eigenvalue weighted by molar-refractivity contribution is 0.322. The van der Waals surface area contributed by atoms with Crippen molar-refractivity contribution in [1.82, 2.24) is 0 Å². The van der Waals surface area contributed by atoms with Gasteiger partial charge in [0.2, 0.25) is 0 Å². The van der Waals surface area contributed by atoms with Crippen LogP contribution in [0.25, 0.3) is 0 Å². The Hall–Kier alpha value is -0.250. The Morgan fingerprint density at radius 1 is 1.60 bits per heavy atom. The molecular weight excluding hydrogens is 193 g/mol. The first-order chi connectivity index (χ1) is 4.75. The lowest BCUT2D eigenvalue weighted by Crippen LogP contribution is -1.74. The summed E-state index contributed by atoms with van der Waals surface area (Å²) in [6.45, 7) is 0. The molecule has 1 aromatic heterocycles. The van der Waals surface area contributed by atoms with Gasteiger partial charge in [0, 0.05) is 10.9 Å². The fraction of sp³-hybridized carbons (Fsp3) is 0. The maximum atomic E-state index is 8.13. The Kier molecular flexibility index (Phi) is 2.54. The second-order valence-electron chi connectivity index (χ2n) is 1.52. The zero-order valence-electron chi connectivity index (χ0n) is 4.71. The monoisotopic (exact) mass is 195 g/mol. The highest BCUT2D eigenvalue weighted by molar-refractivity contribution is 7.15. The van der Waals surface area contributed by atoms with Crippen molar-refractivity contribution < 1.29 is 5.21 Å². The number of hydrogen-bond acceptors (Lipinski definition) is 3. The van der Waals surface area contributed by atoms with E-state index in [0.717, 1.165) is 0 Å². The highest BCUT2D eigenvalue weighted by Crippen LogP contribution is 2.30. The Morgan fingerprint density at radius 2 is 2.30 bits per heavy atom. The van der Waals surface area contributed by atoms with Gasteiger partial charge < -0.3 is 5.21 Å². The third-order valence-electron chi connectivity index (χ3n) is 0.912. The molecule has 0 bridgehead atoms. The molecule has 0 aliphatic heterocycles. The summed E-state index contributed by atoms with van der Waals surface area (Å²) < 4.78 is 0.511. The van der Waals surface area contributed by atoms with Crippen LogP contribution in [0.4, 0.5) is 0 Å². The number of halogens is 2. The summed E-state index contributed by atoms with van der Waals surface area (Å²) in [4.78, 5) is 0. The van der Waals surface area contributed by atoms with E-state index in [1.165, 1.54) is 17.6 Å². The van der Waals surface area contributed by atoms with Crippen molar-refractivity contribution in [2.75, 3.05) is 0 Å². The van der Waals surface area contributed by atoms with Gasteiger partial charge in [-0.25, -0.2) is 0 Å². The van der Waals surface area contributed by atoms with Crippen LogP contribution in [0.2, 0.25) is 9.36 Å². The van der Waals surface area contributed by atoms with Gasteiger partial charge in [0.1, 0.15) is 4.34 Å². The molecule has 0 amide bonds. The van der Waals surface area contributed by atoms with Crippen molar-refractivity contribution in [3.8, 4) is 0 Å². The molecule has 10 heavy (non-hydrogen) atoms. The van der Waals surface area contributed by atoms with E-state index >= 15 is 0 Å². The predicted octanol–water partition coefficient (Wildman–Crippen LogP) is 2.86. The molecule has 1 heterocycles. The van der Waals surface area contributed by atoms with Gasteiger partial charge in [-0.05, 0) is 0 Å². The molecule has 0 aromatic carbocycles. The van der Waals surface area contributed by atoms with Crippen molar-refractivity contribution in [2.45, 2.75) is 0 Å². The minimum atomic E-state index is 0.435. The zero-order valence-corrected chi connectivity index (χ0v) is 7.04. The van der Waals surface area contributed by atoms with Crippen LogP contribution < -0.4 is 0 Å². The maximum Gasteiger partial charge on any atom is 0.112 e. The van der Waals surface area contributed by atoms with E-state index in [1.807, 2.05) is 0 Å². The van der Waals surface area contributed by atoms with E-state index in [1.54, 1.807) is 5.38 Å². The normalized spacial score (nSPS) is 11.0. The molecule has 2 nitrogen and oxygen atoms in total. The van der Waals surface area contributed by atoms with Crippen LogP contribution in [-0.4, -0.2) is 11.4 Å². The summed E-state index contributed by atoms with van der Waals surface area (Å²) >= 11 is 12.6. The number of rotatable bonds is 1. The first-order valence-corrected chi connectivity index (χ1v) is 3.99. The second-order valence-corrected chi connectivity index (χ2v) is 3.38. The predicted molar refractivity (Wildman–Crippen MR) is 43.7 cm³/mol. The molecule has 0 aliphatic rings. The third kappa shape index (κ3) is 1.42. The molecule has 0 spiro atoms. The molecule has 5 heteroatoms. The van der Waals surface area contributed by atoms with Crippen LogP contribution >= 0.6 is 34.5 Å². The van der Waals surface area contributed by atoms with E-state index in [-0.39, 0.29) is 0 Å². The molecule has 1 N–H and O–H groups in total. The van der Waals surface area contributed by atoms with Crippen LogP contribution in [0.1, 0.15) is 5.56 Å². The Morgan fingerprint density at radius 3 is 2.70 bits per heavy atom. The van der Waals surface area contributed by atoms with Crippen molar-refractivity contribution >= 4 is 40.8 Å². The first kappa shape index (κ1) is 7.85. The molecule has 1 rings (SSSR count). The van der Waals surface area contributed by atoms with Gasteiger partial charge in [0.25, 0.3) is 0 Å². The van der Waals surface area contributed by atoms with Crippen molar-refractivity contribution in [2.24, 2.45) is 5.16 Å². The third-order valence-corrected chi connectivity index (χ3v) is 2.77. The molecule has 0 fully saturated rings. The fourth-order valence-corrected chi connectivity index (χ4v) is 1.66. The Balaban J connectivity index is 3.05. The summed E-state index contributed by atoms with van der Waals surface area (Å²) in [5.41, 5.74) is 0.638. The summed E-state index contributed by atoms with van der Waals surface area (Å²) in [5, 5.41) is 13.1. The quantitative estimate of drug-likeness (QED) is 0.418. The van der Waals surface area contributed by atoms with E-state index in [9.17, 15) is 0 Å². The van der Waals surface area contributed by atoms with Crippen LogP contribution in [0.3, 0.4) is 0 Å². The van der Waals surface area contributed by atoms with E-state index in [4.69, 9.17) is 28.4 Å². The Labute approximate surface area is 71.7 Å². The van der Waals surface area contributed by atoms with Gasteiger partial charge >= 0.3 is 0 Å². The van der Waals surface area contributed by atoms with Crippen molar-refractivity contribution in [3.63, 3.8) is 0 Å². The summed E-state index contributed by atoms with van der Waals surface area (Å²) in [6.07, 6.45) is 1.24. The highest BCUT2D eigenvalue weighted by Gasteiger charge is 2.04. The second kappa shape index (κ2) is 3.23. The van der Waals surface area contributed by atoms with Crippen LogP contribution in [0.5, 0.6) is 0 Å². The molecular formula is C5H3Cl2NOS. The summed E-state index contributed by atoms with van der Waals surface area (Å²) in [6, 6.07) is 0. The lowest BCUT2D eigenvalue weighted by atomic mass is 10.4. The lowest BCUT2D eigenvalue weighted by Gasteiger charge is -1.83. The average molecular weight is 196 g/mol.